The predicted molar refractivity (Wildman–Crippen MR) is 130 cm³/mol. The lowest BCUT2D eigenvalue weighted by Crippen LogP contribution is -2.27. The Morgan fingerprint density at radius 3 is 2.49 bits per heavy atom. The number of rotatable bonds is 7. The van der Waals surface area contributed by atoms with Gasteiger partial charge >= 0.3 is 11.9 Å². The average Bonchev–Trinajstić information content (AvgIpc) is 3.45. The largest absolute Gasteiger partial charge is 0.433 e. The molecule has 0 spiro atoms. The summed E-state index contributed by atoms with van der Waals surface area (Å²) in [6.07, 6.45) is -2.53. The van der Waals surface area contributed by atoms with Gasteiger partial charge in [0.1, 0.15) is 33.8 Å². The van der Waals surface area contributed by atoms with Crippen LogP contribution in [0.25, 0.3) is 21.3 Å². The number of halogens is 3. The molecule has 0 radical (unpaired) electrons. The molecule has 1 atom stereocenters. The highest BCUT2D eigenvalue weighted by Gasteiger charge is 2.35. The number of hydrogen-bond donors (Lipinski definition) is 2. The molecule has 0 aliphatic rings. The first-order chi connectivity index (χ1) is 17.4. The van der Waals surface area contributed by atoms with Gasteiger partial charge in [-0.1, -0.05) is 36.8 Å². The van der Waals surface area contributed by atoms with Crippen LogP contribution in [0.4, 0.5) is 24.5 Å². The second-order valence-electron chi connectivity index (χ2n) is 8.12. The summed E-state index contributed by atoms with van der Waals surface area (Å²) in [5.41, 5.74) is 5.32. The standard InChI is InChI=1S/C23H19F3N6O4S/c1-3-15(31-10-13(9-28-31)32(35)36)21(34)30-18-17-14(12-6-4-11(2)5-7-12)8-16(23(24,25)26)29-22(17)37-19(18)20(27)33/h4-10,15H,3H2,1-2H3,(H2,27,33)(H,30,34). The molecule has 192 valence electrons. The molecule has 4 aromatic rings. The number of amides is 2. The number of nitrogens with two attached hydrogens (primary N) is 1. The zero-order valence-corrected chi connectivity index (χ0v) is 20.2. The van der Waals surface area contributed by atoms with Crippen molar-refractivity contribution >= 4 is 44.7 Å². The summed E-state index contributed by atoms with van der Waals surface area (Å²) >= 11 is 0.627. The maximum atomic E-state index is 13.7. The van der Waals surface area contributed by atoms with Crippen molar-refractivity contribution in [3.63, 3.8) is 0 Å². The Kier molecular flexibility index (Phi) is 6.69. The second kappa shape index (κ2) is 9.61. The minimum atomic E-state index is -4.77. The SMILES string of the molecule is CCC(C(=O)Nc1c(C(N)=O)sc2nc(C(F)(F)F)cc(-c3ccc(C)cc3)c12)n1cc([N+](=O)[O-])cn1. The van der Waals surface area contributed by atoms with Crippen LogP contribution < -0.4 is 11.1 Å². The number of alkyl halides is 3. The normalized spacial score (nSPS) is 12.5. The monoisotopic (exact) mass is 532 g/mol. The molecule has 0 fully saturated rings. The molecule has 0 bridgehead atoms. The number of aryl methyl sites for hydroxylation is 1. The molecule has 37 heavy (non-hydrogen) atoms. The van der Waals surface area contributed by atoms with Crippen molar-refractivity contribution in [1.82, 2.24) is 14.8 Å². The van der Waals surface area contributed by atoms with Crippen molar-refractivity contribution in [3.05, 3.63) is 69.0 Å². The summed E-state index contributed by atoms with van der Waals surface area (Å²) in [4.78, 5) is 39.3. The zero-order chi connectivity index (χ0) is 27.1. The van der Waals surface area contributed by atoms with E-state index >= 15 is 0 Å². The molecule has 0 saturated carbocycles. The van der Waals surface area contributed by atoms with Gasteiger partial charge in [-0.25, -0.2) is 4.98 Å². The number of carbonyl (C=O) groups is 2. The smallest absolute Gasteiger partial charge is 0.365 e. The Morgan fingerprint density at radius 2 is 1.95 bits per heavy atom. The summed E-state index contributed by atoms with van der Waals surface area (Å²) in [7, 11) is 0. The number of benzene rings is 1. The number of nitro groups is 1. The molecule has 2 amide bonds. The van der Waals surface area contributed by atoms with E-state index in [0.29, 0.717) is 16.9 Å². The lowest BCUT2D eigenvalue weighted by molar-refractivity contribution is -0.385. The highest BCUT2D eigenvalue weighted by atomic mass is 32.1. The fourth-order valence-corrected chi connectivity index (χ4v) is 4.80. The van der Waals surface area contributed by atoms with Gasteiger partial charge in [-0.2, -0.15) is 18.3 Å². The van der Waals surface area contributed by atoms with E-state index in [4.69, 9.17) is 5.73 Å². The van der Waals surface area contributed by atoms with E-state index < -0.39 is 34.6 Å². The topological polar surface area (TPSA) is 146 Å². The van der Waals surface area contributed by atoms with Crippen LogP contribution >= 0.6 is 11.3 Å². The zero-order valence-electron chi connectivity index (χ0n) is 19.4. The minimum absolute atomic E-state index is 0.0885. The average molecular weight is 533 g/mol. The van der Waals surface area contributed by atoms with Gasteiger partial charge in [0.05, 0.1) is 10.6 Å². The number of pyridine rings is 1. The Labute approximate surface area is 211 Å². The van der Waals surface area contributed by atoms with Gasteiger partial charge in [-0.05, 0) is 30.5 Å². The molecule has 0 aliphatic heterocycles. The van der Waals surface area contributed by atoms with Crippen molar-refractivity contribution in [3.8, 4) is 11.1 Å². The molecule has 14 heteroatoms. The van der Waals surface area contributed by atoms with Crippen LogP contribution in [0.15, 0.2) is 42.7 Å². The number of aromatic nitrogens is 3. The quantitative estimate of drug-likeness (QED) is 0.251. The van der Waals surface area contributed by atoms with Crippen LogP contribution in [-0.2, 0) is 11.0 Å². The minimum Gasteiger partial charge on any atom is -0.365 e. The fraction of sp³-hybridized carbons (Fsp3) is 0.217. The third-order valence-corrected chi connectivity index (χ3v) is 6.69. The van der Waals surface area contributed by atoms with E-state index in [9.17, 15) is 32.9 Å². The Bertz CT molecular complexity index is 1530. The summed E-state index contributed by atoms with van der Waals surface area (Å²) in [6, 6.07) is 6.51. The molecular formula is C23H19F3N6O4S. The highest BCUT2D eigenvalue weighted by Crippen LogP contribution is 2.44. The number of carbonyl (C=O) groups excluding carboxylic acids is 2. The van der Waals surface area contributed by atoms with Gasteiger partial charge in [-0.15, -0.1) is 11.3 Å². The summed E-state index contributed by atoms with van der Waals surface area (Å²) in [6.45, 7) is 3.46. The number of thiophene rings is 1. The Hall–Kier alpha value is -4.33. The molecule has 0 aliphatic carbocycles. The van der Waals surface area contributed by atoms with Crippen molar-refractivity contribution in [2.24, 2.45) is 5.73 Å². The molecule has 1 aromatic carbocycles. The Morgan fingerprint density at radius 1 is 1.27 bits per heavy atom. The van der Waals surface area contributed by atoms with E-state index in [1.807, 2.05) is 6.92 Å². The fourth-order valence-electron chi connectivity index (χ4n) is 3.79. The van der Waals surface area contributed by atoms with Gasteiger partial charge in [0.25, 0.3) is 5.91 Å². The lowest BCUT2D eigenvalue weighted by Gasteiger charge is -2.17. The third-order valence-electron chi connectivity index (χ3n) is 5.59. The maximum Gasteiger partial charge on any atom is 0.433 e. The van der Waals surface area contributed by atoms with Gasteiger partial charge < -0.3 is 11.1 Å². The van der Waals surface area contributed by atoms with Crippen LogP contribution in [-0.4, -0.2) is 31.5 Å². The van der Waals surface area contributed by atoms with Crippen LogP contribution in [0.5, 0.6) is 0 Å². The van der Waals surface area contributed by atoms with Crippen molar-refractivity contribution in [2.75, 3.05) is 5.32 Å². The van der Waals surface area contributed by atoms with Crippen LogP contribution in [0, 0.1) is 17.0 Å². The van der Waals surface area contributed by atoms with Crippen molar-refractivity contribution < 1.29 is 27.7 Å². The second-order valence-corrected chi connectivity index (χ2v) is 9.12. The molecule has 3 aromatic heterocycles. The van der Waals surface area contributed by atoms with E-state index in [1.54, 1.807) is 31.2 Å². The van der Waals surface area contributed by atoms with Gasteiger partial charge in [0, 0.05) is 5.39 Å². The van der Waals surface area contributed by atoms with Crippen LogP contribution in [0.2, 0.25) is 0 Å². The van der Waals surface area contributed by atoms with E-state index in [0.717, 1.165) is 28.7 Å². The van der Waals surface area contributed by atoms with Crippen molar-refractivity contribution in [2.45, 2.75) is 32.5 Å². The van der Waals surface area contributed by atoms with Gasteiger partial charge in [-0.3, -0.25) is 24.4 Å². The summed E-state index contributed by atoms with van der Waals surface area (Å²) < 4.78 is 42.1. The first kappa shape index (κ1) is 25.8. The number of fused-ring (bicyclic) bond motifs is 1. The molecular weight excluding hydrogens is 513 g/mol. The molecule has 10 nitrogen and oxygen atoms in total. The number of anilines is 1. The van der Waals surface area contributed by atoms with Gasteiger partial charge in [0.2, 0.25) is 5.91 Å². The predicted octanol–water partition coefficient (Wildman–Crippen LogP) is 5.08. The Balaban J connectivity index is 1.90. The maximum absolute atomic E-state index is 13.7. The molecule has 3 N–H and O–H groups in total. The number of nitrogens with one attached hydrogen (secondary N) is 1. The third kappa shape index (κ3) is 5.00. The summed E-state index contributed by atoms with van der Waals surface area (Å²) in [5.74, 6) is -1.66. The first-order valence-electron chi connectivity index (χ1n) is 10.8. The molecule has 1 unspecified atom stereocenters. The first-order valence-corrected chi connectivity index (χ1v) is 11.6. The van der Waals surface area contributed by atoms with Crippen LogP contribution in [0.1, 0.15) is 40.3 Å². The molecule has 0 saturated heterocycles. The van der Waals surface area contributed by atoms with E-state index in [2.05, 4.69) is 15.4 Å². The van der Waals surface area contributed by atoms with Crippen molar-refractivity contribution in [1.29, 1.82) is 0 Å². The van der Waals surface area contributed by atoms with Gasteiger partial charge in [0.15, 0.2) is 0 Å². The highest BCUT2D eigenvalue weighted by molar-refractivity contribution is 7.21. The number of nitrogens with zero attached hydrogens (tertiary/aromatic N) is 4. The number of hydrogen-bond acceptors (Lipinski definition) is 7. The molecule has 3 heterocycles. The molecule has 4 rings (SSSR count). The number of primary amides is 1. The lowest BCUT2D eigenvalue weighted by atomic mass is 10.00. The van der Waals surface area contributed by atoms with E-state index in [-0.39, 0.29) is 38.5 Å². The van der Waals surface area contributed by atoms with E-state index in [1.165, 1.54) is 0 Å². The van der Waals surface area contributed by atoms with Crippen LogP contribution in [0.3, 0.4) is 0 Å². The summed E-state index contributed by atoms with van der Waals surface area (Å²) in [5, 5.41) is 17.6.